The molecule has 0 bridgehead atoms. The summed E-state index contributed by atoms with van der Waals surface area (Å²) in [7, 11) is 0. The number of benzene rings is 3. The summed E-state index contributed by atoms with van der Waals surface area (Å²) in [5, 5.41) is 0.349. The van der Waals surface area contributed by atoms with Gasteiger partial charge >= 0.3 is 0 Å². The van der Waals surface area contributed by atoms with Gasteiger partial charge in [-0.25, -0.2) is 4.39 Å². The van der Waals surface area contributed by atoms with Gasteiger partial charge in [0.15, 0.2) is 5.11 Å². The molecule has 0 aromatic heterocycles. The van der Waals surface area contributed by atoms with Crippen LogP contribution in [-0.2, 0) is 11.2 Å². The minimum Gasteiger partial charge on any atom is -0.304 e. The third-order valence-corrected chi connectivity index (χ3v) is 5.55. The van der Waals surface area contributed by atoms with Gasteiger partial charge in [-0.05, 0) is 73.9 Å². The molecule has 1 fully saturated rings. The van der Waals surface area contributed by atoms with E-state index in [0.29, 0.717) is 10.8 Å². The van der Waals surface area contributed by atoms with Gasteiger partial charge in [0.05, 0.1) is 5.69 Å². The number of hydrogen-bond donors (Lipinski definition) is 0. The smallest absolute Gasteiger partial charge is 0.259 e. The van der Waals surface area contributed by atoms with Crippen LogP contribution in [-0.4, -0.2) is 16.6 Å². The molecule has 3 aromatic carbocycles. The number of thiocarbonyl (C=S) groups is 1. The largest absolute Gasteiger partial charge is 0.304 e. The molecule has 1 aliphatic heterocycles. The van der Waals surface area contributed by atoms with Crippen LogP contribution >= 0.6 is 12.2 Å². The van der Waals surface area contributed by atoms with Crippen molar-refractivity contribution >= 4 is 34.6 Å². The van der Waals surface area contributed by atoms with E-state index in [0.717, 1.165) is 12.1 Å². The van der Waals surface area contributed by atoms with Crippen LogP contribution < -0.4 is 9.80 Å². The molecule has 0 atom stereocenters. The zero-order valence-electron chi connectivity index (χ0n) is 16.3. The molecule has 4 rings (SSSR count). The van der Waals surface area contributed by atoms with Crippen molar-refractivity contribution in [3.63, 3.8) is 0 Å². The quantitative estimate of drug-likeness (QED) is 0.549. The molecule has 0 radical (unpaired) electrons. The van der Waals surface area contributed by atoms with E-state index in [-0.39, 0.29) is 5.91 Å². The van der Waals surface area contributed by atoms with E-state index in [1.807, 2.05) is 49.1 Å². The van der Waals surface area contributed by atoms with Crippen LogP contribution in [0.4, 0.5) is 15.8 Å². The summed E-state index contributed by atoms with van der Waals surface area (Å²) in [6.45, 7) is 3.66. The van der Waals surface area contributed by atoms with Gasteiger partial charge in [-0.2, -0.15) is 0 Å². The van der Waals surface area contributed by atoms with E-state index in [2.05, 4.69) is 24.3 Å². The van der Waals surface area contributed by atoms with E-state index in [1.165, 1.54) is 28.2 Å². The van der Waals surface area contributed by atoms with Crippen molar-refractivity contribution < 1.29 is 9.18 Å². The Morgan fingerprint density at radius 2 is 1.52 bits per heavy atom. The highest BCUT2D eigenvalue weighted by atomic mass is 32.1. The first-order valence-corrected chi connectivity index (χ1v) is 9.86. The fourth-order valence-corrected chi connectivity index (χ4v) is 4.19. The van der Waals surface area contributed by atoms with Gasteiger partial charge in [0.1, 0.15) is 11.4 Å². The number of anilines is 2. The monoisotopic (exact) mass is 404 g/mol. The molecule has 146 valence electrons. The van der Waals surface area contributed by atoms with E-state index >= 15 is 0 Å². The summed E-state index contributed by atoms with van der Waals surface area (Å²) in [4.78, 5) is 16.4. The molecule has 1 amide bonds. The van der Waals surface area contributed by atoms with Crippen LogP contribution in [0, 0.1) is 5.82 Å². The first-order chi connectivity index (χ1) is 13.9. The number of carbonyl (C=O) groups is 1. The van der Waals surface area contributed by atoms with Crippen LogP contribution in [0.2, 0.25) is 0 Å². The third kappa shape index (κ3) is 3.54. The number of carbonyl (C=O) groups excluding carboxylic acids is 1. The zero-order valence-corrected chi connectivity index (χ0v) is 17.1. The van der Waals surface area contributed by atoms with Gasteiger partial charge in [-0.15, -0.1) is 0 Å². The van der Waals surface area contributed by atoms with Gasteiger partial charge in [0.2, 0.25) is 0 Å². The lowest BCUT2D eigenvalue weighted by Crippen LogP contribution is -2.44. The van der Waals surface area contributed by atoms with Gasteiger partial charge in [0.25, 0.3) is 5.91 Å². The predicted molar refractivity (Wildman–Crippen MR) is 119 cm³/mol. The van der Waals surface area contributed by atoms with Crippen molar-refractivity contribution in [2.24, 2.45) is 0 Å². The Morgan fingerprint density at radius 1 is 0.862 bits per heavy atom. The summed E-state index contributed by atoms with van der Waals surface area (Å²) in [5.74, 6) is -0.582. The molecule has 1 aliphatic rings. The molecule has 1 saturated heterocycles. The van der Waals surface area contributed by atoms with Gasteiger partial charge in [0, 0.05) is 5.69 Å². The molecule has 0 aliphatic carbocycles. The second-order valence-electron chi connectivity index (χ2n) is 7.63. The fourth-order valence-electron chi connectivity index (χ4n) is 3.67. The maximum atomic E-state index is 13.7. The summed E-state index contributed by atoms with van der Waals surface area (Å²) >= 11 is 5.64. The van der Waals surface area contributed by atoms with Crippen molar-refractivity contribution in [3.05, 3.63) is 95.8 Å². The van der Waals surface area contributed by atoms with Gasteiger partial charge < -0.3 is 4.90 Å². The van der Waals surface area contributed by atoms with Gasteiger partial charge in [-0.1, -0.05) is 48.5 Å². The Balaban J connectivity index is 1.63. The van der Waals surface area contributed by atoms with E-state index in [9.17, 15) is 9.18 Å². The Morgan fingerprint density at radius 3 is 2.17 bits per heavy atom. The van der Waals surface area contributed by atoms with Crippen molar-refractivity contribution in [1.29, 1.82) is 0 Å². The summed E-state index contributed by atoms with van der Waals surface area (Å²) in [6, 6.07) is 24.3. The van der Waals surface area contributed by atoms with Crippen molar-refractivity contribution in [1.82, 2.24) is 0 Å². The molecule has 29 heavy (non-hydrogen) atoms. The molecule has 0 N–H and O–H groups in total. The minimum absolute atomic E-state index is 0.179. The minimum atomic E-state index is -0.871. The lowest BCUT2D eigenvalue weighted by Gasteiger charge is -2.29. The maximum Gasteiger partial charge on any atom is 0.259 e. The standard InChI is InChI=1S/C24H21FN2OS/c1-24(2)22(28)26(21-10-6-9-19(25)16-21)23(29)27(24)20-13-11-18(12-14-20)15-17-7-4-3-5-8-17/h3-14,16H,15H2,1-2H3. The average molecular weight is 405 g/mol. The number of hydrogen-bond acceptors (Lipinski definition) is 2. The molecule has 0 unspecified atom stereocenters. The lowest BCUT2D eigenvalue weighted by atomic mass is 10.0. The van der Waals surface area contributed by atoms with Crippen molar-refractivity contribution in [2.45, 2.75) is 25.8 Å². The number of rotatable bonds is 4. The second-order valence-corrected chi connectivity index (χ2v) is 7.99. The second kappa shape index (κ2) is 7.41. The Hall–Kier alpha value is -3.05. The molecule has 3 nitrogen and oxygen atoms in total. The zero-order chi connectivity index (χ0) is 20.6. The Bertz CT molecular complexity index is 1060. The summed E-state index contributed by atoms with van der Waals surface area (Å²) in [6.07, 6.45) is 0.837. The summed E-state index contributed by atoms with van der Waals surface area (Å²) < 4.78 is 13.7. The van der Waals surface area contributed by atoms with E-state index in [4.69, 9.17) is 12.2 Å². The van der Waals surface area contributed by atoms with Crippen LogP contribution in [0.5, 0.6) is 0 Å². The molecule has 1 heterocycles. The van der Waals surface area contributed by atoms with Gasteiger partial charge in [-0.3, -0.25) is 9.69 Å². The maximum absolute atomic E-state index is 13.7. The molecular weight excluding hydrogens is 383 g/mol. The third-order valence-electron chi connectivity index (χ3n) is 5.18. The topological polar surface area (TPSA) is 23.6 Å². The first kappa shape index (κ1) is 19.3. The van der Waals surface area contributed by atoms with E-state index < -0.39 is 11.4 Å². The van der Waals surface area contributed by atoms with Crippen molar-refractivity contribution in [2.75, 3.05) is 9.80 Å². The molecule has 0 spiro atoms. The highest BCUT2D eigenvalue weighted by Crippen LogP contribution is 2.36. The Kier molecular flexibility index (Phi) is 4.92. The van der Waals surface area contributed by atoms with Crippen molar-refractivity contribution in [3.8, 4) is 0 Å². The SMILES string of the molecule is CC1(C)C(=O)N(c2cccc(F)c2)C(=S)N1c1ccc(Cc2ccccc2)cc1. The Labute approximate surface area is 175 Å². The number of halogens is 1. The van der Waals surface area contributed by atoms with Crippen LogP contribution in [0.1, 0.15) is 25.0 Å². The fraction of sp³-hybridized carbons (Fsp3) is 0.167. The van der Waals surface area contributed by atoms with Crippen LogP contribution in [0.15, 0.2) is 78.9 Å². The van der Waals surface area contributed by atoms with Crippen LogP contribution in [0.3, 0.4) is 0 Å². The highest BCUT2D eigenvalue weighted by Gasteiger charge is 2.50. The molecule has 5 heteroatoms. The predicted octanol–water partition coefficient (Wildman–Crippen LogP) is 5.33. The number of nitrogens with zero attached hydrogens (tertiary/aromatic N) is 2. The summed E-state index contributed by atoms with van der Waals surface area (Å²) in [5.41, 5.74) is 2.82. The number of amides is 1. The normalized spacial score (nSPS) is 15.8. The van der Waals surface area contributed by atoms with Crippen LogP contribution in [0.25, 0.3) is 0 Å². The molecular formula is C24H21FN2OS. The van der Waals surface area contributed by atoms with E-state index in [1.54, 1.807) is 12.1 Å². The molecule has 0 saturated carbocycles. The first-order valence-electron chi connectivity index (χ1n) is 9.45. The highest BCUT2D eigenvalue weighted by molar-refractivity contribution is 7.81. The lowest BCUT2D eigenvalue weighted by molar-refractivity contribution is -0.120. The average Bonchev–Trinajstić information content (AvgIpc) is 2.88. The molecule has 3 aromatic rings.